The fraction of sp³-hybridized carbons (Fsp3) is 0.250. The highest BCUT2D eigenvalue weighted by Gasteiger charge is 2.32. The van der Waals surface area contributed by atoms with Crippen molar-refractivity contribution in [3.05, 3.63) is 53.9 Å². The average molecular weight is 419 g/mol. The van der Waals surface area contributed by atoms with E-state index in [1.54, 1.807) is 12.1 Å². The van der Waals surface area contributed by atoms with Crippen molar-refractivity contribution in [1.29, 1.82) is 0 Å². The molecule has 0 atom stereocenters. The van der Waals surface area contributed by atoms with Gasteiger partial charge in [0.05, 0.1) is 6.61 Å². The van der Waals surface area contributed by atoms with Crippen molar-refractivity contribution >= 4 is 17.3 Å². The number of nitrogens with one attached hydrogen (secondary N) is 2. The maximum atomic E-state index is 12.9. The van der Waals surface area contributed by atoms with Crippen molar-refractivity contribution in [3.63, 3.8) is 0 Å². The fourth-order valence-electron chi connectivity index (χ4n) is 2.72. The van der Waals surface area contributed by atoms with Gasteiger partial charge in [-0.25, -0.2) is 9.97 Å². The van der Waals surface area contributed by atoms with Gasteiger partial charge in [-0.2, -0.15) is 13.2 Å². The van der Waals surface area contributed by atoms with Gasteiger partial charge in [-0.05, 0) is 49.7 Å². The lowest BCUT2D eigenvalue weighted by molar-refractivity contribution is -0.141. The van der Waals surface area contributed by atoms with Crippen LogP contribution in [0.1, 0.15) is 25.1 Å². The zero-order valence-corrected chi connectivity index (χ0v) is 16.2. The van der Waals surface area contributed by atoms with Crippen molar-refractivity contribution in [2.24, 2.45) is 0 Å². The van der Waals surface area contributed by atoms with Crippen molar-refractivity contribution < 1.29 is 23.4 Å². The molecule has 3 rings (SSSR count). The van der Waals surface area contributed by atoms with E-state index >= 15 is 0 Å². The molecule has 0 aliphatic carbocycles. The van der Waals surface area contributed by atoms with Crippen molar-refractivity contribution in [2.75, 3.05) is 10.6 Å². The van der Waals surface area contributed by atoms with E-state index in [0.29, 0.717) is 16.9 Å². The molecule has 0 bridgehead atoms. The third-order valence-electron chi connectivity index (χ3n) is 3.90. The molecule has 4 N–H and O–H groups in total. The van der Waals surface area contributed by atoms with Crippen LogP contribution in [0.25, 0.3) is 11.4 Å². The summed E-state index contributed by atoms with van der Waals surface area (Å²) in [4.78, 5) is 12.1. The highest BCUT2D eigenvalue weighted by molar-refractivity contribution is 5.66. The minimum atomic E-state index is -4.57. The van der Waals surface area contributed by atoms with E-state index in [0.717, 1.165) is 12.3 Å². The molecule has 0 spiro atoms. The fourth-order valence-corrected chi connectivity index (χ4v) is 2.72. The van der Waals surface area contributed by atoms with E-state index in [-0.39, 0.29) is 35.7 Å². The van der Waals surface area contributed by atoms with E-state index < -0.39 is 11.9 Å². The van der Waals surface area contributed by atoms with Gasteiger partial charge in [0.25, 0.3) is 0 Å². The summed E-state index contributed by atoms with van der Waals surface area (Å²) in [6.07, 6.45) is -3.51. The number of anilines is 3. The Morgan fingerprint density at radius 1 is 1.03 bits per heavy atom. The molecule has 0 unspecified atom stereocenters. The maximum absolute atomic E-state index is 12.9. The Morgan fingerprint density at radius 2 is 1.77 bits per heavy atom. The molecule has 2 heterocycles. The second-order valence-electron chi connectivity index (χ2n) is 6.86. The number of aromatic nitrogens is 3. The van der Waals surface area contributed by atoms with Crippen LogP contribution in [0, 0.1) is 0 Å². The second kappa shape index (κ2) is 8.54. The molecule has 0 saturated heterocycles. The van der Waals surface area contributed by atoms with Crippen LogP contribution in [0.2, 0.25) is 0 Å². The number of nitrogens with zero attached hydrogens (tertiary/aromatic N) is 3. The maximum Gasteiger partial charge on any atom is 0.433 e. The highest BCUT2D eigenvalue weighted by atomic mass is 19.4. The minimum absolute atomic E-state index is 0.0375. The highest BCUT2D eigenvalue weighted by Crippen LogP contribution is 2.30. The van der Waals surface area contributed by atoms with Crippen LogP contribution in [0.15, 0.2) is 42.6 Å². The Hall–Kier alpha value is -3.40. The molecule has 2 aromatic heterocycles. The molecule has 158 valence electrons. The first kappa shape index (κ1) is 21.3. The summed E-state index contributed by atoms with van der Waals surface area (Å²) in [5, 5.41) is 25.2. The molecule has 30 heavy (non-hydrogen) atoms. The average Bonchev–Trinajstić information content (AvgIpc) is 2.66. The van der Waals surface area contributed by atoms with Crippen molar-refractivity contribution in [1.82, 2.24) is 15.0 Å². The summed E-state index contributed by atoms with van der Waals surface area (Å²) < 4.78 is 38.8. The summed E-state index contributed by atoms with van der Waals surface area (Å²) in [6, 6.07) is 8.34. The lowest BCUT2D eigenvalue weighted by atomic mass is 10.1. The standard InChI is InChI=1S/C20H20F3N5O2/c1-11(2)25-17-9-18(26-14-3-4-24-16(8-14)20(21,22)23)28-19(27-17)13-5-12(10-29)6-15(30)7-13/h3-9,11,29-30H,10H2,1-2H3,(H2,24,25,26,27,28). The summed E-state index contributed by atoms with van der Waals surface area (Å²) in [6.45, 7) is 3.53. The van der Waals surface area contributed by atoms with Crippen LogP contribution in [-0.2, 0) is 12.8 Å². The van der Waals surface area contributed by atoms with Crippen molar-refractivity contribution in [3.8, 4) is 17.1 Å². The number of hydrogen-bond acceptors (Lipinski definition) is 7. The summed E-state index contributed by atoms with van der Waals surface area (Å²) in [5.74, 6) is 0.840. The number of aliphatic hydroxyl groups is 1. The number of pyridine rings is 1. The van der Waals surface area contributed by atoms with Crippen LogP contribution >= 0.6 is 0 Å². The topological polar surface area (TPSA) is 103 Å². The monoisotopic (exact) mass is 419 g/mol. The molecule has 7 nitrogen and oxygen atoms in total. The zero-order chi connectivity index (χ0) is 21.9. The molecule has 3 aromatic rings. The number of alkyl halides is 3. The molecule has 0 aliphatic heterocycles. The normalized spacial score (nSPS) is 11.6. The summed E-state index contributed by atoms with van der Waals surface area (Å²) >= 11 is 0. The van der Waals surface area contributed by atoms with Crippen LogP contribution in [0.5, 0.6) is 5.75 Å². The van der Waals surface area contributed by atoms with Gasteiger partial charge in [0.2, 0.25) is 0 Å². The molecule has 0 radical (unpaired) electrons. The third kappa shape index (κ3) is 5.35. The molecular formula is C20H20F3N5O2. The number of hydrogen-bond donors (Lipinski definition) is 4. The quantitative estimate of drug-likeness (QED) is 0.472. The van der Waals surface area contributed by atoms with Crippen molar-refractivity contribution in [2.45, 2.75) is 32.7 Å². The molecular weight excluding hydrogens is 399 g/mol. The van der Waals surface area contributed by atoms with Crippen LogP contribution in [0.4, 0.5) is 30.5 Å². The Morgan fingerprint density at radius 3 is 2.43 bits per heavy atom. The second-order valence-corrected chi connectivity index (χ2v) is 6.86. The van der Waals surface area contributed by atoms with E-state index in [1.807, 2.05) is 13.8 Å². The zero-order valence-electron chi connectivity index (χ0n) is 16.2. The van der Waals surface area contributed by atoms with Gasteiger partial charge >= 0.3 is 6.18 Å². The van der Waals surface area contributed by atoms with Gasteiger partial charge in [0.1, 0.15) is 23.1 Å². The first-order chi connectivity index (χ1) is 14.1. The van der Waals surface area contributed by atoms with E-state index in [2.05, 4.69) is 25.6 Å². The lowest BCUT2D eigenvalue weighted by Gasteiger charge is -2.14. The number of benzene rings is 1. The van der Waals surface area contributed by atoms with Crippen LogP contribution in [-0.4, -0.2) is 31.2 Å². The molecule has 0 saturated carbocycles. The number of aliphatic hydroxyl groups excluding tert-OH is 1. The van der Waals surface area contributed by atoms with E-state index in [9.17, 15) is 23.4 Å². The van der Waals surface area contributed by atoms with Crippen LogP contribution in [0.3, 0.4) is 0 Å². The molecule has 0 aliphatic rings. The van der Waals surface area contributed by atoms with Gasteiger partial charge in [-0.15, -0.1) is 0 Å². The Labute approximate surface area is 170 Å². The summed E-state index contributed by atoms with van der Waals surface area (Å²) in [5.41, 5.74) is 0.0433. The van der Waals surface area contributed by atoms with Gasteiger partial charge in [0, 0.05) is 29.6 Å². The molecule has 10 heteroatoms. The Balaban J connectivity index is 2.03. The van der Waals surface area contributed by atoms with Crippen LogP contribution < -0.4 is 10.6 Å². The minimum Gasteiger partial charge on any atom is -0.508 e. The van der Waals surface area contributed by atoms with Gasteiger partial charge in [-0.3, -0.25) is 4.98 Å². The number of phenolic OH excluding ortho intramolecular Hbond substituents is 1. The largest absolute Gasteiger partial charge is 0.508 e. The smallest absolute Gasteiger partial charge is 0.433 e. The molecule has 0 fully saturated rings. The van der Waals surface area contributed by atoms with E-state index in [4.69, 9.17) is 0 Å². The molecule has 0 amide bonds. The van der Waals surface area contributed by atoms with Gasteiger partial charge < -0.3 is 20.8 Å². The molecule has 1 aromatic carbocycles. The predicted octanol–water partition coefficient (Wildman–Crippen LogP) is 4.32. The van der Waals surface area contributed by atoms with Gasteiger partial charge in [-0.1, -0.05) is 0 Å². The number of aromatic hydroxyl groups is 1. The Kier molecular flexibility index (Phi) is 6.06. The SMILES string of the molecule is CC(C)Nc1cc(Nc2ccnc(C(F)(F)F)c2)nc(-c2cc(O)cc(CO)c2)n1. The number of halogens is 3. The van der Waals surface area contributed by atoms with E-state index in [1.165, 1.54) is 18.2 Å². The lowest BCUT2D eigenvalue weighted by Crippen LogP contribution is -2.12. The first-order valence-corrected chi connectivity index (χ1v) is 9.04. The third-order valence-corrected chi connectivity index (χ3v) is 3.90. The summed E-state index contributed by atoms with van der Waals surface area (Å²) in [7, 11) is 0. The predicted molar refractivity (Wildman–Crippen MR) is 106 cm³/mol. The number of rotatable bonds is 6. The van der Waals surface area contributed by atoms with Gasteiger partial charge in [0.15, 0.2) is 5.82 Å². The number of phenols is 1. The Bertz CT molecular complexity index is 1040. The first-order valence-electron chi connectivity index (χ1n) is 9.04.